The Kier molecular flexibility index (Phi) is 7.85. The predicted octanol–water partition coefficient (Wildman–Crippen LogP) is 4.57. The molecule has 2 amide bonds. The van der Waals surface area contributed by atoms with Gasteiger partial charge in [0.25, 0.3) is 11.8 Å². The molecule has 0 bridgehead atoms. The number of methoxy groups -OCH3 is 1. The fraction of sp³-hybridized carbons (Fsp3) is 0.259. The van der Waals surface area contributed by atoms with Crippen LogP contribution in [-0.2, 0) is 6.54 Å². The molecule has 0 atom stereocenters. The first-order valence-corrected chi connectivity index (χ1v) is 10.9. The van der Waals surface area contributed by atoms with Crippen molar-refractivity contribution in [2.24, 2.45) is 11.1 Å². The lowest BCUT2D eigenvalue weighted by molar-refractivity contribution is 0.0673. The normalized spacial score (nSPS) is 11.0. The molecule has 3 N–H and O–H groups in total. The molecule has 33 heavy (non-hydrogen) atoms. The topological polar surface area (TPSA) is 84.7 Å². The summed E-state index contributed by atoms with van der Waals surface area (Å²) in [5, 5.41) is 2.93. The second kappa shape index (κ2) is 10.8. The van der Waals surface area contributed by atoms with E-state index in [2.05, 4.69) is 5.32 Å². The molecule has 0 heterocycles. The molecule has 3 aromatic rings. The number of hydrogen-bond donors (Lipinski definition) is 2. The van der Waals surface area contributed by atoms with Gasteiger partial charge >= 0.3 is 0 Å². The lowest BCUT2D eigenvalue weighted by atomic mass is 9.92. The zero-order valence-electron chi connectivity index (χ0n) is 19.4. The summed E-state index contributed by atoms with van der Waals surface area (Å²) in [5.41, 5.74) is 8.42. The molecule has 0 saturated carbocycles. The number of nitrogens with two attached hydrogens (primary N) is 1. The SMILES string of the molecule is COc1cccc(C(=O)Nc2cccc(CN(CC(C)(C)CN)C(=O)c3ccccc3)c2)c1. The average Bonchev–Trinajstić information content (AvgIpc) is 2.84. The molecule has 3 aromatic carbocycles. The molecule has 0 fully saturated rings. The van der Waals surface area contributed by atoms with Crippen LogP contribution < -0.4 is 15.8 Å². The Morgan fingerprint density at radius 3 is 2.33 bits per heavy atom. The smallest absolute Gasteiger partial charge is 0.255 e. The molecule has 0 aliphatic heterocycles. The Morgan fingerprint density at radius 1 is 0.939 bits per heavy atom. The number of nitrogens with one attached hydrogen (secondary N) is 1. The summed E-state index contributed by atoms with van der Waals surface area (Å²) < 4.78 is 5.20. The van der Waals surface area contributed by atoms with Crippen molar-refractivity contribution in [2.45, 2.75) is 20.4 Å². The van der Waals surface area contributed by atoms with Gasteiger partial charge in [-0.15, -0.1) is 0 Å². The second-order valence-electron chi connectivity index (χ2n) is 8.78. The molecule has 0 unspecified atom stereocenters. The monoisotopic (exact) mass is 445 g/mol. The Hall–Kier alpha value is -3.64. The van der Waals surface area contributed by atoms with Crippen molar-refractivity contribution in [3.63, 3.8) is 0 Å². The lowest BCUT2D eigenvalue weighted by Crippen LogP contribution is -2.41. The molecule has 0 spiro atoms. The number of carbonyl (C=O) groups excluding carboxylic acids is 2. The molecule has 0 saturated heterocycles. The van der Waals surface area contributed by atoms with E-state index < -0.39 is 0 Å². The molecular weight excluding hydrogens is 414 g/mol. The van der Waals surface area contributed by atoms with Crippen molar-refractivity contribution in [1.82, 2.24) is 4.90 Å². The third-order valence-electron chi connectivity index (χ3n) is 5.37. The van der Waals surface area contributed by atoms with E-state index in [4.69, 9.17) is 10.5 Å². The largest absolute Gasteiger partial charge is 0.497 e. The summed E-state index contributed by atoms with van der Waals surface area (Å²) in [5.74, 6) is 0.337. The van der Waals surface area contributed by atoms with Crippen LogP contribution in [0.2, 0.25) is 0 Å². The Morgan fingerprint density at radius 2 is 1.64 bits per heavy atom. The molecule has 3 rings (SSSR count). The van der Waals surface area contributed by atoms with Gasteiger partial charge in [-0.3, -0.25) is 9.59 Å². The zero-order chi connectivity index (χ0) is 23.8. The van der Waals surface area contributed by atoms with Crippen molar-refractivity contribution in [1.29, 1.82) is 0 Å². The maximum atomic E-state index is 13.3. The zero-order valence-corrected chi connectivity index (χ0v) is 19.4. The van der Waals surface area contributed by atoms with Crippen LogP contribution in [0.25, 0.3) is 0 Å². The Balaban J connectivity index is 1.79. The van der Waals surface area contributed by atoms with Gasteiger partial charge in [0.1, 0.15) is 5.75 Å². The molecule has 6 nitrogen and oxygen atoms in total. The summed E-state index contributed by atoms with van der Waals surface area (Å²) in [6.45, 7) is 5.46. The van der Waals surface area contributed by atoms with E-state index in [1.165, 1.54) is 0 Å². The highest BCUT2D eigenvalue weighted by Crippen LogP contribution is 2.21. The van der Waals surface area contributed by atoms with Crippen LogP contribution >= 0.6 is 0 Å². The first-order chi connectivity index (χ1) is 15.8. The maximum Gasteiger partial charge on any atom is 0.255 e. The third-order valence-corrected chi connectivity index (χ3v) is 5.37. The van der Waals surface area contributed by atoms with Gasteiger partial charge in [0.2, 0.25) is 0 Å². The fourth-order valence-corrected chi connectivity index (χ4v) is 3.48. The first kappa shape index (κ1) is 24.0. The van der Waals surface area contributed by atoms with Crippen LogP contribution in [0.3, 0.4) is 0 Å². The number of hydrogen-bond acceptors (Lipinski definition) is 4. The van der Waals surface area contributed by atoms with Gasteiger partial charge in [0.05, 0.1) is 7.11 Å². The second-order valence-corrected chi connectivity index (χ2v) is 8.78. The van der Waals surface area contributed by atoms with Crippen LogP contribution in [0, 0.1) is 5.41 Å². The minimum atomic E-state index is -0.233. The highest BCUT2D eigenvalue weighted by atomic mass is 16.5. The molecule has 172 valence electrons. The summed E-state index contributed by atoms with van der Waals surface area (Å²) in [4.78, 5) is 27.8. The van der Waals surface area contributed by atoms with E-state index in [-0.39, 0.29) is 17.2 Å². The number of carbonyl (C=O) groups is 2. The van der Waals surface area contributed by atoms with Crippen molar-refractivity contribution >= 4 is 17.5 Å². The van der Waals surface area contributed by atoms with Crippen molar-refractivity contribution in [3.8, 4) is 5.75 Å². The van der Waals surface area contributed by atoms with Gasteiger partial charge in [-0.1, -0.05) is 50.2 Å². The minimum absolute atomic E-state index is 0.0528. The fourth-order valence-electron chi connectivity index (χ4n) is 3.48. The summed E-state index contributed by atoms with van der Waals surface area (Å²) in [6, 6.07) is 23.7. The lowest BCUT2D eigenvalue weighted by Gasteiger charge is -2.32. The predicted molar refractivity (Wildman–Crippen MR) is 131 cm³/mol. The number of benzene rings is 3. The van der Waals surface area contributed by atoms with E-state index in [0.717, 1.165) is 5.56 Å². The highest BCUT2D eigenvalue weighted by Gasteiger charge is 2.25. The maximum absolute atomic E-state index is 13.3. The molecule has 6 heteroatoms. The standard InChI is InChI=1S/C27H31N3O3/c1-27(2,18-28)19-30(26(32)21-10-5-4-6-11-21)17-20-9-7-13-23(15-20)29-25(31)22-12-8-14-24(16-22)33-3/h4-16H,17-19,28H2,1-3H3,(H,29,31). The van der Waals surface area contributed by atoms with E-state index in [1.807, 2.05) is 73.3 Å². The molecular formula is C27H31N3O3. The van der Waals surface area contributed by atoms with Gasteiger partial charge in [-0.25, -0.2) is 0 Å². The summed E-state index contributed by atoms with van der Waals surface area (Å²) in [6.07, 6.45) is 0. The van der Waals surface area contributed by atoms with E-state index in [9.17, 15) is 9.59 Å². The quantitative estimate of drug-likeness (QED) is 0.505. The van der Waals surface area contributed by atoms with Crippen molar-refractivity contribution in [2.75, 3.05) is 25.5 Å². The third kappa shape index (κ3) is 6.67. The van der Waals surface area contributed by atoms with Crippen molar-refractivity contribution in [3.05, 3.63) is 95.6 Å². The van der Waals surface area contributed by atoms with Gasteiger partial charge in [-0.05, 0) is 60.0 Å². The Bertz CT molecular complexity index is 1100. The molecule has 0 aromatic heterocycles. The summed E-state index contributed by atoms with van der Waals surface area (Å²) >= 11 is 0. The number of ether oxygens (including phenoxy) is 1. The summed E-state index contributed by atoms with van der Waals surface area (Å²) in [7, 11) is 1.56. The van der Waals surface area contributed by atoms with Gasteiger partial charge < -0.3 is 20.7 Å². The van der Waals surface area contributed by atoms with Crippen LogP contribution in [0.15, 0.2) is 78.9 Å². The Labute approximate surface area is 195 Å². The van der Waals surface area contributed by atoms with Crippen LogP contribution in [-0.4, -0.2) is 36.9 Å². The molecule has 0 aliphatic carbocycles. The van der Waals surface area contributed by atoms with E-state index >= 15 is 0 Å². The molecule has 0 radical (unpaired) electrons. The molecule has 0 aliphatic rings. The van der Waals surface area contributed by atoms with Gasteiger partial charge in [0.15, 0.2) is 0 Å². The van der Waals surface area contributed by atoms with E-state index in [0.29, 0.717) is 42.2 Å². The van der Waals surface area contributed by atoms with Crippen molar-refractivity contribution < 1.29 is 14.3 Å². The number of amides is 2. The van der Waals surface area contributed by atoms with E-state index in [1.54, 1.807) is 31.4 Å². The number of rotatable bonds is 9. The highest BCUT2D eigenvalue weighted by molar-refractivity contribution is 6.04. The number of nitrogens with zero attached hydrogens (tertiary/aromatic N) is 1. The van der Waals surface area contributed by atoms with Crippen LogP contribution in [0.4, 0.5) is 5.69 Å². The van der Waals surface area contributed by atoms with Crippen LogP contribution in [0.5, 0.6) is 5.75 Å². The van der Waals surface area contributed by atoms with Gasteiger partial charge in [0, 0.05) is 29.9 Å². The number of anilines is 1. The van der Waals surface area contributed by atoms with Gasteiger partial charge in [-0.2, -0.15) is 0 Å². The average molecular weight is 446 g/mol. The first-order valence-electron chi connectivity index (χ1n) is 10.9. The minimum Gasteiger partial charge on any atom is -0.497 e. The van der Waals surface area contributed by atoms with Crippen LogP contribution in [0.1, 0.15) is 40.1 Å².